The Morgan fingerprint density at radius 3 is 2.60 bits per heavy atom. The number of methoxy groups -OCH3 is 1. The summed E-state index contributed by atoms with van der Waals surface area (Å²) in [7, 11) is 1.60. The monoisotopic (exact) mass is 489 g/mol. The Morgan fingerprint density at radius 2 is 1.83 bits per heavy atom. The highest BCUT2D eigenvalue weighted by molar-refractivity contribution is 6.31. The first kappa shape index (κ1) is 23.2. The number of fused-ring (bicyclic) bond motifs is 1. The van der Waals surface area contributed by atoms with Gasteiger partial charge in [0.1, 0.15) is 23.9 Å². The van der Waals surface area contributed by atoms with Crippen molar-refractivity contribution in [2.75, 3.05) is 25.2 Å². The lowest BCUT2D eigenvalue weighted by molar-refractivity contribution is -0.117. The van der Waals surface area contributed by atoms with Crippen molar-refractivity contribution in [3.63, 3.8) is 0 Å². The minimum Gasteiger partial charge on any atom is -0.495 e. The lowest BCUT2D eigenvalue weighted by Gasteiger charge is -2.20. The third kappa shape index (κ3) is 4.71. The highest BCUT2D eigenvalue weighted by atomic mass is 35.5. The molecular weight excluding hydrogens is 462 g/mol. The van der Waals surface area contributed by atoms with Crippen molar-refractivity contribution in [1.29, 1.82) is 0 Å². The zero-order chi connectivity index (χ0) is 24.5. The average molecular weight is 490 g/mol. The third-order valence-electron chi connectivity index (χ3n) is 6.38. The zero-order valence-corrected chi connectivity index (χ0v) is 20.9. The summed E-state index contributed by atoms with van der Waals surface area (Å²) in [5, 5.41) is 0.563. The molecule has 0 radical (unpaired) electrons. The van der Waals surface area contributed by atoms with Gasteiger partial charge < -0.3 is 18.9 Å². The second-order valence-corrected chi connectivity index (χ2v) is 9.44. The molecule has 5 rings (SSSR count). The molecule has 1 aromatic heterocycles. The molecule has 1 aliphatic rings. The van der Waals surface area contributed by atoms with Crippen molar-refractivity contribution in [2.45, 2.75) is 32.7 Å². The largest absolute Gasteiger partial charge is 0.495 e. The van der Waals surface area contributed by atoms with Gasteiger partial charge in [-0.2, -0.15) is 0 Å². The Balaban J connectivity index is 1.42. The number of nitrogens with zero attached hydrogens (tertiary/aromatic N) is 3. The quantitative estimate of drug-likeness (QED) is 0.323. The third-order valence-corrected chi connectivity index (χ3v) is 6.62. The number of halogens is 1. The Bertz CT molecular complexity index is 1380. The average Bonchev–Trinajstić information content (AvgIpc) is 3.39. The van der Waals surface area contributed by atoms with Crippen LogP contribution in [-0.4, -0.2) is 35.7 Å². The van der Waals surface area contributed by atoms with Crippen molar-refractivity contribution < 1.29 is 14.3 Å². The lowest BCUT2D eigenvalue weighted by atomic mass is 10.1. The Hall–Kier alpha value is -3.51. The number of hydrogen-bond acceptors (Lipinski definition) is 4. The van der Waals surface area contributed by atoms with E-state index >= 15 is 0 Å². The number of aromatic nitrogens is 2. The summed E-state index contributed by atoms with van der Waals surface area (Å²) in [6.45, 7) is 5.78. The summed E-state index contributed by atoms with van der Waals surface area (Å²) in [6, 6.07) is 19.6. The molecule has 2 heterocycles. The SMILES string of the molecule is COc1ccc(Cl)cc1N1C[C@H](c2nc3ccccc3n2CCOc2cc(C)cc(C)c2)CC1=O. The Labute approximate surface area is 210 Å². The van der Waals surface area contributed by atoms with Gasteiger partial charge in [-0.05, 0) is 67.4 Å². The molecule has 1 aliphatic heterocycles. The Kier molecular flexibility index (Phi) is 6.39. The van der Waals surface area contributed by atoms with Crippen LogP contribution in [0.15, 0.2) is 60.7 Å². The fraction of sp³-hybridized carbons (Fsp3) is 0.286. The van der Waals surface area contributed by atoms with Crippen molar-refractivity contribution >= 4 is 34.2 Å². The molecule has 0 aliphatic carbocycles. The summed E-state index contributed by atoms with van der Waals surface area (Å²) in [5.41, 5.74) is 5.00. The van der Waals surface area contributed by atoms with Crippen LogP contribution >= 0.6 is 11.6 Å². The number of benzene rings is 3. The predicted molar refractivity (Wildman–Crippen MR) is 139 cm³/mol. The van der Waals surface area contributed by atoms with Crippen LogP contribution in [0.5, 0.6) is 11.5 Å². The van der Waals surface area contributed by atoms with Crippen LogP contribution in [-0.2, 0) is 11.3 Å². The number of para-hydroxylation sites is 2. The number of rotatable bonds is 7. The summed E-state index contributed by atoms with van der Waals surface area (Å²) >= 11 is 6.24. The first-order chi connectivity index (χ1) is 16.9. The van der Waals surface area contributed by atoms with E-state index in [0.717, 1.165) is 22.6 Å². The topological polar surface area (TPSA) is 56.6 Å². The van der Waals surface area contributed by atoms with E-state index in [0.29, 0.717) is 42.6 Å². The first-order valence-electron chi connectivity index (χ1n) is 11.7. The van der Waals surface area contributed by atoms with Crippen molar-refractivity contribution in [3.05, 3.63) is 82.6 Å². The molecular formula is C28H28ClN3O3. The molecule has 6 nitrogen and oxygen atoms in total. The van der Waals surface area contributed by atoms with E-state index in [9.17, 15) is 4.79 Å². The summed E-state index contributed by atoms with van der Waals surface area (Å²) in [5.74, 6) is 2.36. The lowest BCUT2D eigenvalue weighted by Crippen LogP contribution is -2.25. The molecule has 0 N–H and O–H groups in total. The van der Waals surface area contributed by atoms with Gasteiger partial charge in [-0.15, -0.1) is 0 Å². The summed E-state index contributed by atoms with van der Waals surface area (Å²) in [6.07, 6.45) is 0.372. The Morgan fingerprint density at radius 1 is 1.06 bits per heavy atom. The number of imidazole rings is 1. The van der Waals surface area contributed by atoms with E-state index in [1.165, 1.54) is 11.1 Å². The molecule has 1 saturated heterocycles. The highest BCUT2D eigenvalue weighted by Gasteiger charge is 2.36. The summed E-state index contributed by atoms with van der Waals surface area (Å²) in [4.78, 5) is 19.8. The van der Waals surface area contributed by atoms with Gasteiger partial charge in [-0.3, -0.25) is 4.79 Å². The molecule has 7 heteroatoms. The van der Waals surface area contributed by atoms with Crippen molar-refractivity contribution in [2.24, 2.45) is 0 Å². The van der Waals surface area contributed by atoms with Gasteiger partial charge in [0.25, 0.3) is 0 Å². The molecule has 0 saturated carbocycles. The molecule has 0 bridgehead atoms. The van der Waals surface area contributed by atoms with E-state index in [-0.39, 0.29) is 11.8 Å². The van der Waals surface area contributed by atoms with Gasteiger partial charge in [0.2, 0.25) is 5.91 Å². The maximum Gasteiger partial charge on any atom is 0.227 e. The van der Waals surface area contributed by atoms with Gasteiger partial charge in [0.05, 0.1) is 30.4 Å². The van der Waals surface area contributed by atoms with Crippen molar-refractivity contribution in [1.82, 2.24) is 9.55 Å². The molecule has 0 unspecified atom stereocenters. The predicted octanol–water partition coefficient (Wildman–Crippen LogP) is 5.91. The van der Waals surface area contributed by atoms with Crippen LogP contribution in [0.4, 0.5) is 5.69 Å². The number of ether oxygens (including phenoxy) is 2. The molecule has 35 heavy (non-hydrogen) atoms. The number of carbonyl (C=O) groups is 1. The number of amides is 1. The van der Waals surface area contributed by atoms with E-state index in [1.54, 1.807) is 30.2 Å². The van der Waals surface area contributed by atoms with Crippen LogP contribution in [0.25, 0.3) is 11.0 Å². The van der Waals surface area contributed by atoms with E-state index in [2.05, 4.69) is 30.5 Å². The van der Waals surface area contributed by atoms with Gasteiger partial charge in [0, 0.05) is 23.9 Å². The highest BCUT2D eigenvalue weighted by Crippen LogP contribution is 2.38. The second-order valence-electron chi connectivity index (χ2n) is 9.00. The molecule has 1 atom stereocenters. The van der Waals surface area contributed by atoms with E-state index in [4.69, 9.17) is 26.1 Å². The van der Waals surface area contributed by atoms with Crippen LogP contribution in [0.1, 0.15) is 29.3 Å². The molecule has 0 spiro atoms. The standard InChI is InChI=1S/C28H28ClN3O3/c1-18-12-19(2)14-22(13-18)35-11-10-31-24-7-5-4-6-23(24)30-28(31)20-15-27(33)32(17-20)25-16-21(29)8-9-26(25)34-3/h4-9,12-14,16,20H,10-11,15,17H2,1-3H3/t20-/m1/s1. The normalized spacial score (nSPS) is 15.7. The van der Waals surface area contributed by atoms with Crippen LogP contribution in [0.3, 0.4) is 0 Å². The zero-order valence-electron chi connectivity index (χ0n) is 20.1. The molecule has 1 fully saturated rings. The van der Waals surface area contributed by atoms with Gasteiger partial charge in [0.15, 0.2) is 0 Å². The minimum absolute atomic E-state index is 0.0284. The van der Waals surface area contributed by atoms with Crippen LogP contribution in [0, 0.1) is 13.8 Å². The van der Waals surface area contributed by atoms with Crippen molar-refractivity contribution in [3.8, 4) is 11.5 Å². The molecule has 1 amide bonds. The second kappa shape index (κ2) is 9.62. The van der Waals surface area contributed by atoms with E-state index < -0.39 is 0 Å². The fourth-order valence-electron chi connectivity index (χ4n) is 4.90. The number of aryl methyl sites for hydroxylation is 2. The van der Waals surface area contributed by atoms with Gasteiger partial charge >= 0.3 is 0 Å². The maximum absolute atomic E-state index is 13.1. The molecule has 180 valence electrons. The number of carbonyl (C=O) groups excluding carboxylic acids is 1. The number of anilines is 1. The van der Waals surface area contributed by atoms with Gasteiger partial charge in [-0.25, -0.2) is 4.98 Å². The van der Waals surface area contributed by atoms with E-state index in [1.807, 2.05) is 30.3 Å². The fourth-order valence-corrected chi connectivity index (χ4v) is 5.07. The minimum atomic E-state index is -0.0557. The van der Waals surface area contributed by atoms with Gasteiger partial charge in [-0.1, -0.05) is 29.8 Å². The molecule has 4 aromatic rings. The summed E-state index contributed by atoms with van der Waals surface area (Å²) < 4.78 is 13.8. The maximum atomic E-state index is 13.1. The van der Waals surface area contributed by atoms with Crippen LogP contribution in [0.2, 0.25) is 5.02 Å². The first-order valence-corrected chi connectivity index (χ1v) is 12.1. The van der Waals surface area contributed by atoms with Crippen LogP contribution < -0.4 is 14.4 Å². The smallest absolute Gasteiger partial charge is 0.227 e. The number of hydrogen-bond donors (Lipinski definition) is 0. The molecule has 3 aromatic carbocycles.